The van der Waals surface area contributed by atoms with Crippen LogP contribution in [0, 0.1) is 5.82 Å². The number of nitrogens with two attached hydrogens (primary N) is 1. The number of benzene rings is 1. The van der Waals surface area contributed by atoms with Crippen LogP contribution in [0.2, 0.25) is 0 Å². The summed E-state index contributed by atoms with van der Waals surface area (Å²) in [4.78, 5) is 4.86. The molecule has 114 valence electrons. The lowest BCUT2D eigenvalue weighted by Crippen LogP contribution is -2.39. The van der Waals surface area contributed by atoms with Crippen molar-refractivity contribution in [2.45, 2.75) is 57.4 Å². The monoisotopic (exact) mass is 289 g/mol. The van der Waals surface area contributed by atoms with Gasteiger partial charge in [-0.1, -0.05) is 26.2 Å². The van der Waals surface area contributed by atoms with E-state index in [0.29, 0.717) is 6.54 Å². The first-order chi connectivity index (χ1) is 10.2. The highest BCUT2D eigenvalue weighted by atomic mass is 19.1. The second-order valence-corrected chi connectivity index (χ2v) is 6.27. The minimum absolute atomic E-state index is 0.0249. The summed E-state index contributed by atoms with van der Waals surface area (Å²) < 4.78 is 15.8. The Hall–Kier alpha value is -1.42. The fraction of sp³-hybridized carbons (Fsp3) is 0.588. The Morgan fingerprint density at radius 3 is 2.71 bits per heavy atom. The van der Waals surface area contributed by atoms with Crippen LogP contribution in [0.3, 0.4) is 0 Å². The van der Waals surface area contributed by atoms with Crippen molar-refractivity contribution in [2.24, 2.45) is 5.73 Å². The summed E-state index contributed by atoms with van der Waals surface area (Å²) in [6, 6.07) is 4.88. The van der Waals surface area contributed by atoms with Crippen LogP contribution in [0.15, 0.2) is 18.2 Å². The number of halogens is 1. The number of aromatic nitrogens is 2. The van der Waals surface area contributed by atoms with E-state index in [-0.39, 0.29) is 11.2 Å². The number of hydrogen-bond acceptors (Lipinski definition) is 2. The van der Waals surface area contributed by atoms with Crippen molar-refractivity contribution >= 4 is 11.0 Å². The zero-order valence-corrected chi connectivity index (χ0v) is 12.7. The Morgan fingerprint density at radius 2 is 2.05 bits per heavy atom. The Kier molecular flexibility index (Phi) is 3.98. The van der Waals surface area contributed by atoms with Gasteiger partial charge in [-0.3, -0.25) is 0 Å². The molecular formula is C17H24FN3. The molecule has 0 aliphatic heterocycles. The minimum Gasteiger partial charge on any atom is -0.329 e. The van der Waals surface area contributed by atoms with Crippen LogP contribution >= 0.6 is 0 Å². The molecule has 21 heavy (non-hydrogen) atoms. The zero-order valence-electron chi connectivity index (χ0n) is 12.7. The van der Waals surface area contributed by atoms with Crippen molar-refractivity contribution in [3.05, 3.63) is 29.8 Å². The summed E-state index contributed by atoms with van der Waals surface area (Å²) in [5.41, 5.74) is 7.93. The predicted molar refractivity (Wildman–Crippen MR) is 83.8 cm³/mol. The maximum atomic E-state index is 13.6. The van der Waals surface area contributed by atoms with Crippen molar-refractivity contribution in [3.63, 3.8) is 0 Å². The number of hydrogen-bond donors (Lipinski definition) is 1. The van der Waals surface area contributed by atoms with Crippen LogP contribution in [-0.4, -0.2) is 16.1 Å². The van der Waals surface area contributed by atoms with E-state index in [2.05, 4.69) is 11.5 Å². The molecule has 0 atom stereocenters. The number of fused-ring (bicyclic) bond motifs is 1. The van der Waals surface area contributed by atoms with Gasteiger partial charge in [0.2, 0.25) is 0 Å². The Bertz CT molecular complexity index is 626. The Labute approximate surface area is 125 Å². The molecule has 0 bridgehead atoms. The van der Waals surface area contributed by atoms with Crippen LogP contribution in [0.5, 0.6) is 0 Å². The first-order valence-electron chi connectivity index (χ1n) is 8.06. The van der Waals surface area contributed by atoms with E-state index in [0.717, 1.165) is 42.7 Å². The van der Waals surface area contributed by atoms with Crippen molar-refractivity contribution in [2.75, 3.05) is 6.54 Å². The zero-order chi connectivity index (χ0) is 14.9. The lowest BCUT2D eigenvalue weighted by atomic mass is 9.73. The number of nitrogens with zero attached hydrogens (tertiary/aromatic N) is 2. The average molecular weight is 289 g/mol. The molecule has 1 aliphatic carbocycles. The topological polar surface area (TPSA) is 43.8 Å². The minimum atomic E-state index is -0.197. The smallest absolute Gasteiger partial charge is 0.125 e. The van der Waals surface area contributed by atoms with Gasteiger partial charge in [0, 0.05) is 18.5 Å². The molecule has 1 aliphatic rings. The Balaban J connectivity index is 2.18. The molecule has 1 fully saturated rings. The Morgan fingerprint density at radius 1 is 1.29 bits per heavy atom. The molecule has 0 radical (unpaired) electrons. The number of rotatable bonds is 4. The highest BCUT2D eigenvalue weighted by Gasteiger charge is 2.37. The first kappa shape index (κ1) is 14.5. The summed E-state index contributed by atoms with van der Waals surface area (Å²) in [5.74, 6) is 0.879. The van der Waals surface area contributed by atoms with Gasteiger partial charge >= 0.3 is 0 Å². The van der Waals surface area contributed by atoms with Crippen molar-refractivity contribution in [1.29, 1.82) is 0 Å². The van der Waals surface area contributed by atoms with E-state index < -0.39 is 0 Å². The second-order valence-electron chi connectivity index (χ2n) is 6.27. The van der Waals surface area contributed by atoms with Crippen molar-refractivity contribution in [1.82, 2.24) is 9.55 Å². The molecule has 4 heteroatoms. The van der Waals surface area contributed by atoms with E-state index in [1.54, 1.807) is 12.1 Å². The van der Waals surface area contributed by atoms with Crippen molar-refractivity contribution < 1.29 is 4.39 Å². The average Bonchev–Trinajstić information content (AvgIpc) is 2.87. The molecule has 1 aromatic carbocycles. The highest BCUT2D eigenvalue weighted by Crippen LogP contribution is 2.39. The van der Waals surface area contributed by atoms with Gasteiger partial charge in [0.25, 0.3) is 0 Å². The quantitative estimate of drug-likeness (QED) is 0.931. The van der Waals surface area contributed by atoms with Crippen LogP contribution in [0.1, 0.15) is 51.3 Å². The highest BCUT2D eigenvalue weighted by molar-refractivity contribution is 5.76. The normalized spacial score (nSPS) is 18.2. The maximum Gasteiger partial charge on any atom is 0.125 e. The summed E-state index contributed by atoms with van der Waals surface area (Å²) in [7, 11) is 0. The molecule has 2 N–H and O–H groups in total. The van der Waals surface area contributed by atoms with Crippen LogP contribution in [0.4, 0.5) is 4.39 Å². The van der Waals surface area contributed by atoms with Crippen LogP contribution in [-0.2, 0) is 12.0 Å². The van der Waals surface area contributed by atoms with Gasteiger partial charge in [0.15, 0.2) is 0 Å². The van der Waals surface area contributed by atoms with Gasteiger partial charge in [0.1, 0.15) is 11.6 Å². The molecule has 0 spiro atoms. The first-order valence-corrected chi connectivity index (χ1v) is 8.06. The van der Waals surface area contributed by atoms with E-state index in [4.69, 9.17) is 10.7 Å². The van der Waals surface area contributed by atoms with Gasteiger partial charge in [-0.15, -0.1) is 0 Å². The van der Waals surface area contributed by atoms with E-state index in [9.17, 15) is 4.39 Å². The van der Waals surface area contributed by atoms with E-state index >= 15 is 0 Å². The standard InChI is InChI=1S/C17H24FN3/c1-2-10-21-15-11-13(18)6-7-14(15)20-16(21)17(12-19)8-4-3-5-9-17/h6-7,11H,2-5,8-10,12,19H2,1H3. The molecule has 0 unspecified atom stereocenters. The SMILES string of the molecule is CCCn1c(C2(CN)CCCCC2)nc2ccc(F)cc21. The van der Waals surface area contributed by atoms with Crippen LogP contribution in [0.25, 0.3) is 11.0 Å². The molecule has 3 nitrogen and oxygen atoms in total. The molecular weight excluding hydrogens is 265 g/mol. The third-order valence-electron chi connectivity index (χ3n) is 4.83. The third-order valence-corrected chi connectivity index (χ3v) is 4.83. The van der Waals surface area contributed by atoms with Gasteiger partial charge in [-0.05, 0) is 37.5 Å². The fourth-order valence-corrected chi connectivity index (χ4v) is 3.70. The molecule has 3 rings (SSSR count). The molecule has 0 amide bonds. The predicted octanol–water partition coefficient (Wildman–Crippen LogP) is 3.75. The fourth-order valence-electron chi connectivity index (χ4n) is 3.70. The van der Waals surface area contributed by atoms with Crippen molar-refractivity contribution in [3.8, 4) is 0 Å². The van der Waals surface area contributed by atoms with Gasteiger partial charge in [-0.2, -0.15) is 0 Å². The largest absolute Gasteiger partial charge is 0.329 e. The molecule has 1 heterocycles. The number of imidazole rings is 1. The molecule has 0 saturated heterocycles. The summed E-state index contributed by atoms with van der Waals surface area (Å²) in [5, 5.41) is 0. The molecule has 1 saturated carbocycles. The lowest BCUT2D eigenvalue weighted by molar-refractivity contribution is 0.277. The van der Waals surface area contributed by atoms with Gasteiger partial charge in [-0.25, -0.2) is 9.37 Å². The van der Waals surface area contributed by atoms with E-state index in [1.165, 1.54) is 25.3 Å². The molecule has 1 aromatic heterocycles. The summed E-state index contributed by atoms with van der Waals surface area (Å²) in [6.45, 7) is 3.64. The number of aryl methyl sites for hydroxylation is 1. The second kappa shape index (κ2) is 5.76. The molecule has 2 aromatic rings. The van der Waals surface area contributed by atoms with Gasteiger partial charge in [0.05, 0.1) is 11.0 Å². The lowest BCUT2D eigenvalue weighted by Gasteiger charge is -2.36. The van der Waals surface area contributed by atoms with Gasteiger partial charge < -0.3 is 10.3 Å². The maximum absolute atomic E-state index is 13.6. The van der Waals surface area contributed by atoms with Crippen LogP contribution < -0.4 is 5.73 Å². The van der Waals surface area contributed by atoms with E-state index in [1.807, 2.05) is 0 Å². The third kappa shape index (κ3) is 2.46. The summed E-state index contributed by atoms with van der Waals surface area (Å²) >= 11 is 0. The summed E-state index contributed by atoms with van der Waals surface area (Å²) in [6.07, 6.45) is 6.90.